The Morgan fingerprint density at radius 1 is 1.10 bits per heavy atom. The predicted molar refractivity (Wildman–Crippen MR) is 77.6 cm³/mol. The number of fused-ring (bicyclic) bond motifs is 1. The van der Waals surface area contributed by atoms with E-state index < -0.39 is 0 Å². The van der Waals surface area contributed by atoms with Gasteiger partial charge in [0.05, 0.1) is 12.8 Å². The molecule has 2 aromatic rings. The second kappa shape index (κ2) is 5.25. The molecule has 0 saturated heterocycles. The summed E-state index contributed by atoms with van der Waals surface area (Å²) in [6.45, 7) is 2.30. The van der Waals surface area contributed by atoms with Crippen molar-refractivity contribution < 1.29 is 14.2 Å². The van der Waals surface area contributed by atoms with Gasteiger partial charge in [0.2, 0.25) is 6.79 Å². The van der Waals surface area contributed by atoms with Crippen molar-refractivity contribution in [1.29, 1.82) is 0 Å². The molecule has 0 aliphatic carbocycles. The van der Waals surface area contributed by atoms with Gasteiger partial charge in [0.1, 0.15) is 5.75 Å². The lowest BCUT2D eigenvalue weighted by atomic mass is 10.2. The van der Waals surface area contributed by atoms with Crippen molar-refractivity contribution in [1.82, 2.24) is 0 Å². The van der Waals surface area contributed by atoms with Crippen molar-refractivity contribution >= 4 is 11.9 Å². The summed E-state index contributed by atoms with van der Waals surface area (Å²) in [6, 6.07) is 11.7. The molecule has 0 fully saturated rings. The molecule has 3 rings (SSSR count). The van der Waals surface area contributed by atoms with Gasteiger partial charge >= 0.3 is 0 Å². The first-order valence-corrected chi connectivity index (χ1v) is 6.34. The second-order valence-corrected chi connectivity index (χ2v) is 4.54. The maximum Gasteiger partial charge on any atom is 0.231 e. The molecule has 0 unspecified atom stereocenters. The van der Waals surface area contributed by atoms with Crippen LogP contribution in [0.15, 0.2) is 41.4 Å². The minimum absolute atomic E-state index is 0.247. The van der Waals surface area contributed by atoms with Crippen LogP contribution in [0.2, 0.25) is 0 Å². The Morgan fingerprint density at radius 3 is 2.50 bits per heavy atom. The molecule has 0 saturated carbocycles. The van der Waals surface area contributed by atoms with E-state index in [2.05, 4.69) is 4.99 Å². The maximum atomic E-state index is 5.37. The van der Waals surface area contributed by atoms with Crippen molar-refractivity contribution in [3.63, 3.8) is 0 Å². The van der Waals surface area contributed by atoms with Crippen molar-refractivity contribution in [2.24, 2.45) is 4.99 Å². The van der Waals surface area contributed by atoms with Crippen molar-refractivity contribution in [3.05, 3.63) is 47.5 Å². The second-order valence-electron chi connectivity index (χ2n) is 4.54. The first kappa shape index (κ1) is 12.5. The molecule has 0 aromatic heterocycles. The fraction of sp³-hybridized carbons (Fsp3) is 0.188. The van der Waals surface area contributed by atoms with Crippen LogP contribution in [0.25, 0.3) is 0 Å². The zero-order chi connectivity index (χ0) is 13.9. The molecule has 1 heterocycles. The summed E-state index contributed by atoms with van der Waals surface area (Å²) in [4.78, 5) is 4.45. The summed E-state index contributed by atoms with van der Waals surface area (Å²) >= 11 is 0. The number of benzene rings is 2. The lowest BCUT2D eigenvalue weighted by molar-refractivity contribution is 0.174. The summed E-state index contributed by atoms with van der Waals surface area (Å²) < 4.78 is 16.0. The SMILES string of the molecule is COc1cc2c(cc1C=Nc1ccc(C)cc1)OCO2. The van der Waals surface area contributed by atoms with E-state index in [9.17, 15) is 0 Å². The fourth-order valence-corrected chi connectivity index (χ4v) is 1.99. The van der Waals surface area contributed by atoms with Crippen LogP contribution < -0.4 is 14.2 Å². The summed E-state index contributed by atoms with van der Waals surface area (Å²) in [5.41, 5.74) is 2.97. The van der Waals surface area contributed by atoms with Crippen LogP contribution >= 0.6 is 0 Å². The van der Waals surface area contributed by atoms with Gasteiger partial charge in [-0.05, 0) is 25.1 Å². The molecule has 0 spiro atoms. The van der Waals surface area contributed by atoms with Gasteiger partial charge in [-0.1, -0.05) is 17.7 Å². The third-order valence-corrected chi connectivity index (χ3v) is 3.11. The monoisotopic (exact) mass is 269 g/mol. The average Bonchev–Trinajstić information content (AvgIpc) is 2.92. The number of aryl methyl sites for hydroxylation is 1. The Kier molecular flexibility index (Phi) is 3.29. The van der Waals surface area contributed by atoms with E-state index in [0.29, 0.717) is 11.5 Å². The summed E-state index contributed by atoms with van der Waals surface area (Å²) in [5, 5.41) is 0. The first-order valence-electron chi connectivity index (χ1n) is 6.34. The van der Waals surface area contributed by atoms with Gasteiger partial charge in [0.25, 0.3) is 0 Å². The number of hydrogen-bond acceptors (Lipinski definition) is 4. The number of methoxy groups -OCH3 is 1. The Balaban J connectivity index is 1.91. The number of aliphatic imine (C=N–C) groups is 1. The predicted octanol–water partition coefficient (Wildman–Crippen LogP) is 3.48. The zero-order valence-electron chi connectivity index (χ0n) is 11.4. The average molecular weight is 269 g/mol. The molecule has 0 N–H and O–H groups in total. The van der Waals surface area contributed by atoms with E-state index in [0.717, 1.165) is 17.0 Å². The number of nitrogens with zero attached hydrogens (tertiary/aromatic N) is 1. The lowest BCUT2D eigenvalue weighted by Gasteiger charge is -2.06. The fourth-order valence-electron chi connectivity index (χ4n) is 1.99. The molecule has 0 amide bonds. The van der Waals surface area contributed by atoms with Crippen LogP contribution in [0.4, 0.5) is 5.69 Å². The standard InChI is InChI=1S/C16H15NO3/c1-11-3-5-13(6-4-11)17-9-12-7-15-16(20-10-19-15)8-14(12)18-2/h3-9H,10H2,1-2H3. The van der Waals surface area contributed by atoms with Gasteiger partial charge in [-0.3, -0.25) is 4.99 Å². The largest absolute Gasteiger partial charge is 0.496 e. The van der Waals surface area contributed by atoms with Gasteiger partial charge in [-0.15, -0.1) is 0 Å². The quantitative estimate of drug-likeness (QED) is 0.801. The van der Waals surface area contributed by atoms with Crippen LogP contribution in [-0.4, -0.2) is 20.1 Å². The van der Waals surface area contributed by atoms with Crippen molar-refractivity contribution in [2.75, 3.05) is 13.9 Å². The van der Waals surface area contributed by atoms with Crippen LogP contribution in [-0.2, 0) is 0 Å². The van der Waals surface area contributed by atoms with Gasteiger partial charge in [0, 0.05) is 17.8 Å². The molecule has 2 aromatic carbocycles. The number of rotatable bonds is 3. The van der Waals surface area contributed by atoms with Crippen LogP contribution in [0.5, 0.6) is 17.2 Å². The maximum absolute atomic E-state index is 5.37. The molecule has 1 aliphatic rings. The molecule has 20 heavy (non-hydrogen) atoms. The molecule has 0 bridgehead atoms. The van der Waals surface area contributed by atoms with Crippen LogP contribution in [0.1, 0.15) is 11.1 Å². The number of hydrogen-bond donors (Lipinski definition) is 0. The zero-order valence-corrected chi connectivity index (χ0v) is 11.4. The summed E-state index contributed by atoms with van der Waals surface area (Å²) in [5.74, 6) is 2.13. The molecular weight excluding hydrogens is 254 g/mol. The smallest absolute Gasteiger partial charge is 0.231 e. The molecule has 0 atom stereocenters. The topological polar surface area (TPSA) is 40.0 Å². The highest BCUT2D eigenvalue weighted by Gasteiger charge is 2.16. The Morgan fingerprint density at radius 2 is 1.80 bits per heavy atom. The molecule has 4 heteroatoms. The normalized spacial score (nSPS) is 12.9. The van der Waals surface area contributed by atoms with Gasteiger partial charge < -0.3 is 14.2 Å². The minimum Gasteiger partial charge on any atom is -0.496 e. The molecular formula is C16H15NO3. The third-order valence-electron chi connectivity index (χ3n) is 3.11. The summed E-state index contributed by atoms with van der Waals surface area (Å²) in [7, 11) is 1.63. The van der Waals surface area contributed by atoms with Gasteiger partial charge in [-0.2, -0.15) is 0 Å². The first-order chi connectivity index (χ1) is 9.76. The molecule has 1 aliphatic heterocycles. The molecule has 4 nitrogen and oxygen atoms in total. The minimum atomic E-state index is 0.247. The number of ether oxygens (including phenoxy) is 3. The lowest BCUT2D eigenvalue weighted by Crippen LogP contribution is -1.92. The van der Waals surface area contributed by atoms with Crippen LogP contribution in [0, 0.1) is 6.92 Å². The van der Waals surface area contributed by atoms with Crippen LogP contribution in [0.3, 0.4) is 0 Å². The van der Waals surface area contributed by atoms with E-state index in [4.69, 9.17) is 14.2 Å². The highest BCUT2D eigenvalue weighted by atomic mass is 16.7. The van der Waals surface area contributed by atoms with Crippen molar-refractivity contribution in [3.8, 4) is 17.2 Å². The Labute approximate surface area is 117 Å². The Hall–Kier alpha value is -2.49. The van der Waals surface area contributed by atoms with E-state index in [1.807, 2.05) is 43.3 Å². The van der Waals surface area contributed by atoms with Gasteiger partial charge in [0.15, 0.2) is 11.5 Å². The van der Waals surface area contributed by atoms with E-state index in [1.165, 1.54) is 5.56 Å². The van der Waals surface area contributed by atoms with Crippen molar-refractivity contribution in [2.45, 2.75) is 6.92 Å². The molecule has 102 valence electrons. The third kappa shape index (κ3) is 2.45. The summed E-state index contributed by atoms with van der Waals surface area (Å²) in [6.07, 6.45) is 1.77. The van der Waals surface area contributed by atoms with E-state index in [-0.39, 0.29) is 6.79 Å². The van der Waals surface area contributed by atoms with Gasteiger partial charge in [-0.25, -0.2) is 0 Å². The highest BCUT2D eigenvalue weighted by molar-refractivity contribution is 5.87. The Bertz CT molecular complexity index is 648. The molecule has 0 radical (unpaired) electrons. The van der Waals surface area contributed by atoms with E-state index >= 15 is 0 Å². The van der Waals surface area contributed by atoms with E-state index in [1.54, 1.807) is 13.3 Å². The highest BCUT2D eigenvalue weighted by Crippen LogP contribution is 2.37.